The lowest BCUT2D eigenvalue weighted by atomic mass is 9.78. The molecule has 1 aliphatic heterocycles. The van der Waals surface area contributed by atoms with Crippen LogP contribution in [-0.2, 0) is 42.1 Å². The molecule has 4 aromatic carbocycles. The Morgan fingerprint density at radius 1 is 0.907 bits per heavy atom. The molecule has 284 valence electrons. The number of hydrogen-bond acceptors (Lipinski definition) is 6. The van der Waals surface area contributed by atoms with E-state index in [2.05, 4.69) is 24.0 Å². The zero-order valence-electron chi connectivity index (χ0n) is 31.2. The summed E-state index contributed by atoms with van der Waals surface area (Å²) >= 11 is 0. The van der Waals surface area contributed by atoms with Crippen molar-refractivity contribution in [2.24, 2.45) is 5.92 Å². The first kappa shape index (κ1) is 40.4. The third-order valence-electron chi connectivity index (χ3n) is 9.66. The van der Waals surface area contributed by atoms with E-state index in [1.54, 1.807) is 19.2 Å². The molecule has 5 rings (SSSR count). The fourth-order valence-corrected chi connectivity index (χ4v) is 7.07. The van der Waals surface area contributed by atoms with Gasteiger partial charge in [-0.15, -0.1) is 0 Å². The number of benzene rings is 4. The molecule has 1 aliphatic rings. The highest BCUT2D eigenvalue weighted by atomic mass is 32.2. The largest absolute Gasteiger partial charge is 0.458 e. The Morgan fingerprint density at radius 3 is 2.28 bits per heavy atom. The number of amides is 1. The standard InChI is InChI=1S/C44H49FN2O6S/c1-33(48)53-42(37-22-24-39(45)25-23-37)29-28-41-43(47(44(41)49)40-26-18-35(19-27-40)15-11-30-46(2)54(3,50)51)38-20-16-34(17-21-38)12-7-4-5-10-31-52-32-36-13-8-6-9-14-36/h6,8-9,13-14,16-27,41-43H,4-5,10-11,15,28-32H2,1-3H3/t41?,42-,43+/m0/s1. The maximum absolute atomic E-state index is 13.9. The lowest BCUT2D eigenvalue weighted by Crippen LogP contribution is -2.55. The van der Waals surface area contributed by atoms with Gasteiger partial charge < -0.3 is 14.4 Å². The lowest BCUT2D eigenvalue weighted by Gasteiger charge is -2.48. The summed E-state index contributed by atoms with van der Waals surface area (Å²) in [6.07, 6.45) is 5.47. The van der Waals surface area contributed by atoms with Crippen LogP contribution in [-0.4, -0.2) is 51.1 Å². The first-order chi connectivity index (χ1) is 26.0. The molecule has 0 bridgehead atoms. The van der Waals surface area contributed by atoms with Crippen LogP contribution in [0.25, 0.3) is 0 Å². The Kier molecular flexibility index (Phi) is 14.6. The van der Waals surface area contributed by atoms with Crippen LogP contribution in [0.1, 0.15) is 85.4 Å². The first-order valence-corrected chi connectivity index (χ1v) is 20.3. The molecular formula is C44H49FN2O6S. The van der Waals surface area contributed by atoms with E-state index < -0.39 is 22.1 Å². The van der Waals surface area contributed by atoms with Gasteiger partial charge in [-0.3, -0.25) is 9.59 Å². The molecule has 0 N–H and O–H groups in total. The third-order valence-corrected chi connectivity index (χ3v) is 11.0. The summed E-state index contributed by atoms with van der Waals surface area (Å²) in [5.74, 6) is 5.31. The molecule has 1 heterocycles. The van der Waals surface area contributed by atoms with Crippen molar-refractivity contribution >= 4 is 27.6 Å². The number of nitrogens with zero attached hydrogens (tertiary/aromatic N) is 2. The number of sulfonamides is 1. The Hall–Kier alpha value is -4.82. The average Bonchev–Trinajstić information content (AvgIpc) is 3.15. The molecule has 1 unspecified atom stereocenters. The number of carbonyl (C=O) groups is 2. The molecule has 3 atom stereocenters. The van der Waals surface area contributed by atoms with Gasteiger partial charge in [-0.05, 0) is 97.2 Å². The van der Waals surface area contributed by atoms with E-state index in [1.165, 1.54) is 35.2 Å². The number of carbonyl (C=O) groups excluding carboxylic acids is 2. The van der Waals surface area contributed by atoms with Crippen molar-refractivity contribution in [3.63, 3.8) is 0 Å². The number of unbranched alkanes of at least 4 members (excludes halogenated alkanes) is 2. The quantitative estimate of drug-likeness (QED) is 0.0441. The first-order valence-electron chi connectivity index (χ1n) is 18.5. The Bertz CT molecular complexity index is 1990. The molecule has 0 aliphatic carbocycles. The summed E-state index contributed by atoms with van der Waals surface area (Å²) in [7, 11) is -1.66. The highest BCUT2D eigenvalue weighted by molar-refractivity contribution is 7.88. The van der Waals surface area contributed by atoms with Crippen molar-refractivity contribution in [1.82, 2.24) is 4.31 Å². The molecule has 0 radical (unpaired) electrons. The zero-order valence-corrected chi connectivity index (χ0v) is 32.1. The molecule has 10 heteroatoms. The zero-order chi connectivity index (χ0) is 38.5. The van der Waals surface area contributed by atoms with Gasteiger partial charge in [0.05, 0.1) is 24.8 Å². The van der Waals surface area contributed by atoms with Gasteiger partial charge in [-0.2, -0.15) is 0 Å². The molecular weight excluding hydrogens is 704 g/mol. The van der Waals surface area contributed by atoms with E-state index in [9.17, 15) is 22.4 Å². The van der Waals surface area contributed by atoms with E-state index in [4.69, 9.17) is 9.47 Å². The van der Waals surface area contributed by atoms with Crippen molar-refractivity contribution in [2.45, 2.75) is 70.6 Å². The van der Waals surface area contributed by atoms with E-state index in [1.807, 2.05) is 71.6 Å². The number of halogens is 1. The number of aryl methyl sites for hydroxylation is 1. The van der Waals surface area contributed by atoms with Crippen molar-refractivity contribution in [3.8, 4) is 11.8 Å². The average molecular weight is 753 g/mol. The molecule has 1 fully saturated rings. The highest BCUT2D eigenvalue weighted by Crippen LogP contribution is 2.46. The second kappa shape index (κ2) is 19.5. The highest BCUT2D eigenvalue weighted by Gasteiger charge is 2.48. The number of ether oxygens (including phenoxy) is 2. The van der Waals surface area contributed by atoms with Crippen LogP contribution >= 0.6 is 0 Å². The Morgan fingerprint density at radius 2 is 1.61 bits per heavy atom. The molecule has 1 saturated heterocycles. The summed E-state index contributed by atoms with van der Waals surface area (Å²) in [5.41, 5.74) is 5.52. The Balaban J connectivity index is 1.24. The van der Waals surface area contributed by atoms with Crippen molar-refractivity contribution in [2.75, 3.05) is 31.4 Å². The van der Waals surface area contributed by atoms with E-state index >= 15 is 0 Å². The second-order valence-electron chi connectivity index (χ2n) is 13.8. The van der Waals surface area contributed by atoms with E-state index in [-0.39, 0.29) is 23.7 Å². The van der Waals surface area contributed by atoms with Gasteiger partial charge in [0.25, 0.3) is 0 Å². The van der Waals surface area contributed by atoms with E-state index in [0.717, 1.165) is 41.6 Å². The van der Waals surface area contributed by atoms with Gasteiger partial charge in [-0.1, -0.05) is 78.6 Å². The number of anilines is 1. The monoisotopic (exact) mass is 752 g/mol. The number of β-lactam (4-membered cyclic amide) rings is 1. The molecule has 8 nitrogen and oxygen atoms in total. The lowest BCUT2D eigenvalue weighted by molar-refractivity contribution is -0.147. The molecule has 0 spiro atoms. The van der Waals surface area contributed by atoms with Crippen molar-refractivity contribution in [1.29, 1.82) is 0 Å². The summed E-state index contributed by atoms with van der Waals surface area (Å²) in [5, 5.41) is 0. The van der Waals surface area contributed by atoms with Gasteiger partial charge in [-0.25, -0.2) is 17.1 Å². The summed E-state index contributed by atoms with van der Waals surface area (Å²) in [6, 6.07) is 31.6. The predicted molar refractivity (Wildman–Crippen MR) is 209 cm³/mol. The van der Waals surface area contributed by atoms with Crippen molar-refractivity contribution in [3.05, 3.63) is 137 Å². The summed E-state index contributed by atoms with van der Waals surface area (Å²) in [6.45, 7) is 3.07. The van der Waals surface area contributed by atoms with Crippen LogP contribution in [0.2, 0.25) is 0 Å². The normalized spacial score (nSPS) is 16.0. The minimum atomic E-state index is -3.23. The van der Waals surface area contributed by atoms with E-state index in [0.29, 0.717) is 51.0 Å². The van der Waals surface area contributed by atoms with Gasteiger partial charge in [0.15, 0.2) is 0 Å². The SMILES string of the molecule is CC(=O)O[C@@H](CCC1C(=O)N(c2ccc(CCCN(C)S(C)(=O)=O)cc2)[C@@H]1c1ccc(C#CCCCCOCc2ccccc2)cc1)c1ccc(F)cc1. The van der Waals surface area contributed by atoms with Crippen LogP contribution in [0.5, 0.6) is 0 Å². The van der Waals surface area contributed by atoms with Gasteiger partial charge in [0.2, 0.25) is 15.9 Å². The van der Waals surface area contributed by atoms with Crippen LogP contribution in [0, 0.1) is 23.6 Å². The molecule has 1 amide bonds. The van der Waals surface area contributed by atoms with Crippen LogP contribution in [0.4, 0.5) is 10.1 Å². The topological polar surface area (TPSA) is 93.2 Å². The maximum Gasteiger partial charge on any atom is 0.303 e. The maximum atomic E-state index is 13.9. The van der Waals surface area contributed by atoms with Crippen molar-refractivity contribution < 1.29 is 31.9 Å². The third kappa shape index (κ3) is 11.6. The smallest absolute Gasteiger partial charge is 0.303 e. The minimum Gasteiger partial charge on any atom is -0.458 e. The molecule has 4 aromatic rings. The minimum absolute atomic E-state index is 0.0279. The molecule has 0 aromatic heterocycles. The number of esters is 1. The van der Waals surface area contributed by atoms with Crippen LogP contribution < -0.4 is 4.90 Å². The fraction of sp³-hybridized carbons (Fsp3) is 0.364. The fourth-order valence-electron chi connectivity index (χ4n) is 6.61. The van der Waals surface area contributed by atoms with Gasteiger partial charge in [0, 0.05) is 44.8 Å². The molecule has 54 heavy (non-hydrogen) atoms. The van der Waals surface area contributed by atoms with Crippen LogP contribution in [0.15, 0.2) is 103 Å². The molecule has 0 saturated carbocycles. The van der Waals surface area contributed by atoms with Crippen LogP contribution in [0.3, 0.4) is 0 Å². The Labute approximate surface area is 319 Å². The van der Waals surface area contributed by atoms with Gasteiger partial charge in [0.1, 0.15) is 11.9 Å². The predicted octanol–water partition coefficient (Wildman–Crippen LogP) is 8.18. The van der Waals surface area contributed by atoms with Gasteiger partial charge >= 0.3 is 5.97 Å². The second-order valence-corrected chi connectivity index (χ2v) is 15.8. The summed E-state index contributed by atoms with van der Waals surface area (Å²) in [4.78, 5) is 27.7. The number of rotatable bonds is 18. The number of hydrogen-bond donors (Lipinski definition) is 0. The summed E-state index contributed by atoms with van der Waals surface area (Å²) < 4.78 is 49.9.